The Morgan fingerprint density at radius 3 is 1.68 bits per heavy atom. The van der Waals surface area contributed by atoms with Gasteiger partial charge in [0.1, 0.15) is 0 Å². The third-order valence-electron chi connectivity index (χ3n) is 5.05. The zero-order valence-corrected chi connectivity index (χ0v) is 12.7. The molecule has 1 aliphatic carbocycles. The lowest BCUT2D eigenvalue weighted by Crippen LogP contribution is -2.46. The maximum absolute atomic E-state index is 10.6. The molecule has 1 N–H and O–H groups in total. The van der Waals surface area contributed by atoms with Crippen molar-refractivity contribution in [2.24, 2.45) is 0 Å². The molecule has 2 aliphatic rings. The molecule has 19 heavy (non-hydrogen) atoms. The quantitative estimate of drug-likeness (QED) is 0.772. The van der Waals surface area contributed by atoms with Crippen molar-refractivity contribution in [2.75, 3.05) is 13.1 Å². The third kappa shape index (κ3) is 5.43. The van der Waals surface area contributed by atoms with Gasteiger partial charge in [-0.2, -0.15) is 0 Å². The zero-order valence-electron chi connectivity index (χ0n) is 12.7. The van der Waals surface area contributed by atoms with Gasteiger partial charge < -0.3 is 5.11 Å². The molecule has 1 saturated heterocycles. The predicted molar refractivity (Wildman–Crippen MR) is 81.4 cm³/mol. The summed E-state index contributed by atoms with van der Waals surface area (Å²) in [7, 11) is 0. The Morgan fingerprint density at radius 2 is 1.05 bits per heavy atom. The highest BCUT2D eigenvalue weighted by Crippen LogP contribution is 2.23. The fraction of sp³-hybridized carbons (Fsp3) is 1.00. The van der Waals surface area contributed by atoms with Crippen LogP contribution < -0.4 is 0 Å². The van der Waals surface area contributed by atoms with Crippen LogP contribution in [0, 0.1) is 0 Å². The Bertz CT molecular complexity index is 225. The molecule has 2 atom stereocenters. The molecule has 1 saturated carbocycles. The van der Waals surface area contributed by atoms with Crippen molar-refractivity contribution in [2.45, 2.75) is 95.6 Å². The zero-order chi connectivity index (χ0) is 13.3. The van der Waals surface area contributed by atoms with Gasteiger partial charge in [0.2, 0.25) is 0 Å². The normalized spacial score (nSPS) is 33.3. The lowest BCUT2D eigenvalue weighted by Gasteiger charge is -2.37. The van der Waals surface area contributed by atoms with Crippen LogP contribution in [0.25, 0.3) is 0 Å². The third-order valence-corrected chi connectivity index (χ3v) is 5.05. The summed E-state index contributed by atoms with van der Waals surface area (Å²) >= 11 is 0. The highest BCUT2D eigenvalue weighted by atomic mass is 16.3. The molecule has 2 fully saturated rings. The summed E-state index contributed by atoms with van der Waals surface area (Å²) in [6.07, 6.45) is 17.1. The van der Waals surface area contributed by atoms with Crippen molar-refractivity contribution in [1.82, 2.24) is 4.90 Å². The second-order valence-corrected chi connectivity index (χ2v) is 6.64. The lowest BCUT2D eigenvalue weighted by atomic mass is 9.93. The van der Waals surface area contributed by atoms with Gasteiger partial charge in [0.25, 0.3) is 0 Å². The highest BCUT2D eigenvalue weighted by Gasteiger charge is 2.26. The minimum absolute atomic E-state index is 0.0717. The Balaban J connectivity index is 1.86. The van der Waals surface area contributed by atoms with Crippen molar-refractivity contribution < 1.29 is 5.11 Å². The van der Waals surface area contributed by atoms with E-state index in [4.69, 9.17) is 0 Å². The molecule has 2 heteroatoms. The van der Waals surface area contributed by atoms with Crippen LogP contribution in [0.5, 0.6) is 0 Å². The van der Waals surface area contributed by atoms with E-state index in [1.54, 1.807) is 0 Å². The standard InChI is InChI=1S/C17H33NO/c19-17-13-9-6-4-2-1-3-5-8-12-16(17)18-14-10-7-11-15-18/h16-17,19H,1-15H2/t16-,17+/m0/s1. The summed E-state index contributed by atoms with van der Waals surface area (Å²) in [6, 6.07) is 0.458. The molecule has 0 aromatic carbocycles. The first-order valence-electron chi connectivity index (χ1n) is 8.80. The summed E-state index contributed by atoms with van der Waals surface area (Å²) in [5.41, 5.74) is 0. The van der Waals surface area contributed by atoms with E-state index in [9.17, 15) is 5.11 Å². The molecule has 0 radical (unpaired) electrons. The summed E-state index contributed by atoms with van der Waals surface area (Å²) in [4.78, 5) is 2.60. The SMILES string of the molecule is O[C@@H]1CCCCCCCCCC[C@@H]1N1CCCCC1. The summed E-state index contributed by atoms with van der Waals surface area (Å²) < 4.78 is 0. The van der Waals surface area contributed by atoms with Crippen LogP contribution in [0.1, 0.15) is 83.5 Å². The van der Waals surface area contributed by atoms with Crippen molar-refractivity contribution in [1.29, 1.82) is 0 Å². The van der Waals surface area contributed by atoms with Gasteiger partial charge in [0.15, 0.2) is 0 Å². The maximum Gasteiger partial charge on any atom is 0.0695 e. The van der Waals surface area contributed by atoms with E-state index >= 15 is 0 Å². The van der Waals surface area contributed by atoms with Crippen LogP contribution in [-0.2, 0) is 0 Å². The van der Waals surface area contributed by atoms with Gasteiger partial charge in [-0.05, 0) is 38.8 Å². The first-order chi connectivity index (χ1) is 9.38. The average molecular weight is 267 g/mol. The molecule has 1 aliphatic heterocycles. The largest absolute Gasteiger partial charge is 0.391 e. The van der Waals surface area contributed by atoms with Gasteiger partial charge in [-0.15, -0.1) is 0 Å². The van der Waals surface area contributed by atoms with Crippen LogP contribution in [-0.4, -0.2) is 35.2 Å². The Hall–Kier alpha value is -0.0800. The molecule has 0 unspecified atom stereocenters. The minimum atomic E-state index is -0.0717. The topological polar surface area (TPSA) is 23.5 Å². The molecule has 2 rings (SSSR count). The Kier molecular flexibility index (Phi) is 7.23. The minimum Gasteiger partial charge on any atom is -0.391 e. The van der Waals surface area contributed by atoms with Gasteiger partial charge in [-0.1, -0.05) is 57.8 Å². The first kappa shape index (κ1) is 15.3. The van der Waals surface area contributed by atoms with Gasteiger partial charge in [0.05, 0.1) is 6.10 Å². The lowest BCUT2D eigenvalue weighted by molar-refractivity contribution is 0.0257. The number of piperidine rings is 1. The van der Waals surface area contributed by atoms with E-state index in [1.165, 1.54) is 90.1 Å². The smallest absolute Gasteiger partial charge is 0.0695 e. The number of aliphatic hydroxyl groups excluding tert-OH is 1. The van der Waals surface area contributed by atoms with Gasteiger partial charge >= 0.3 is 0 Å². The van der Waals surface area contributed by atoms with E-state index in [0.29, 0.717) is 6.04 Å². The molecule has 0 aromatic rings. The second-order valence-electron chi connectivity index (χ2n) is 6.64. The van der Waals surface area contributed by atoms with Crippen molar-refractivity contribution in [3.8, 4) is 0 Å². The monoisotopic (exact) mass is 267 g/mol. The number of nitrogens with zero attached hydrogens (tertiary/aromatic N) is 1. The number of aliphatic hydroxyl groups is 1. The fourth-order valence-corrected chi connectivity index (χ4v) is 3.83. The van der Waals surface area contributed by atoms with Gasteiger partial charge in [-0.25, -0.2) is 0 Å². The summed E-state index contributed by atoms with van der Waals surface area (Å²) in [5.74, 6) is 0. The maximum atomic E-state index is 10.6. The molecule has 0 bridgehead atoms. The molecule has 0 aromatic heterocycles. The number of rotatable bonds is 1. The number of hydrogen-bond donors (Lipinski definition) is 1. The van der Waals surface area contributed by atoms with Crippen LogP contribution in [0.2, 0.25) is 0 Å². The first-order valence-corrected chi connectivity index (χ1v) is 8.80. The molecule has 2 nitrogen and oxygen atoms in total. The molecule has 112 valence electrons. The molecule has 1 heterocycles. The summed E-state index contributed by atoms with van der Waals surface area (Å²) in [5, 5.41) is 10.6. The molecule has 0 spiro atoms. The van der Waals surface area contributed by atoms with Crippen LogP contribution in [0.15, 0.2) is 0 Å². The van der Waals surface area contributed by atoms with Crippen molar-refractivity contribution in [3.63, 3.8) is 0 Å². The van der Waals surface area contributed by atoms with Crippen LogP contribution in [0.4, 0.5) is 0 Å². The number of hydrogen-bond acceptors (Lipinski definition) is 2. The highest BCUT2D eigenvalue weighted by molar-refractivity contribution is 4.81. The Labute approximate surface area is 119 Å². The second kappa shape index (κ2) is 8.97. The molecule has 0 amide bonds. The van der Waals surface area contributed by atoms with Crippen molar-refractivity contribution >= 4 is 0 Å². The molecular weight excluding hydrogens is 234 g/mol. The predicted octanol–water partition coefficient (Wildman–Crippen LogP) is 4.12. The average Bonchev–Trinajstić information content (AvgIpc) is 2.44. The van der Waals surface area contributed by atoms with E-state index in [2.05, 4.69) is 4.90 Å². The fourth-order valence-electron chi connectivity index (χ4n) is 3.83. The van der Waals surface area contributed by atoms with E-state index < -0.39 is 0 Å². The molecular formula is C17H33NO. The van der Waals surface area contributed by atoms with E-state index in [1.807, 2.05) is 0 Å². The van der Waals surface area contributed by atoms with E-state index in [0.717, 1.165) is 6.42 Å². The summed E-state index contributed by atoms with van der Waals surface area (Å²) in [6.45, 7) is 2.45. The van der Waals surface area contributed by atoms with Crippen LogP contribution in [0.3, 0.4) is 0 Å². The van der Waals surface area contributed by atoms with Gasteiger partial charge in [0, 0.05) is 6.04 Å². The number of likely N-dealkylation sites (tertiary alicyclic amines) is 1. The van der Waals surface area contributed by atoms with Crippen molar-refractivity contribution in [3.05, 3.63) is 0 Å². The van der Waals surface area contributed by atoms with E-state index in [-0.39, 0.29) is 6.10 Å². The Morgan fingerprint density at radius 1 is 0.579 bits per heavy atom. The van der Waals surface area contributed by atoms with Gasteiger partial charge in [-0.3, -0.25) is 4.90 Å². The van der Waals surface area contributed by atoms with Crippen LogP contribution >= 0.6 is 0 Å².